The second-order valence-corrected chi connectivity index (χ2v) is 5.99. The van der Waals surface area contributed by atoms with Gasteiger partial charge in [0.15, 0.2) is 0 Å². The number of para-hydroxylation sites is 1. The van der Waals surface area contributed by atoms with Crippen LogP contribution in [0.3, 0.4) is 0 Å². The van der Waals surface area contributed by atoms with Crippen molar-refractivity contribution in [2.24, 2.45) is 0 Å². The maximum absolute atomic E-state index is 12.9. The van der Waals surface area contributed by atoms with Crippen molar-refractivity contribution in [1.82, 2.24) is 15.2 Å². The normalized spacial score (nSPS) is 23.1. The molecule has 1 amide bonds. The average molecular weight is 325 g/mol. The Morgan fingerprint density at radius 2 is 2.09 bits per heavy atom. The number of amides is 1. The Bertz CT molecular complexity index is 710. The first-order valence-corrected chi connectivity index (χ1v) is 7.50. The molecule has 4 nitrogen and oxygen atoms in total. The van der Waals surface area contributed by atoms with Gasteiger partial charge in [-0.2, -0.15) is 13.2 Å². The third kappa shape index (κ3) is 3.19. The highest BCUT2D eigenvalue weighted by Gasteiger charge is 2.44. The van der Waals surface area contributed by atoms with Crippen molar-refractivity contribution in [1.29, 1.82) is 0 Å². The Balaban J connectivity index is 1.69. The van der Waals surface area contributed by atoms with Crippen LogP contribution < -0.4 is 5.32 Å². The number of carbonyl (C=O) groups is 1. The van der Waals surface area contributed by atoms with E-state index in [-0.39, 0.29) is 24.9 Å². The minimum atomic E-state index is -4.22. The van der Waals surface area contributed by atoms with E-state index in [4.69, 9.17) is 0 Å². The number of hydrogen-bond donors (Lipinski definition) is 2. The van der Waals surface area contributed by atoms with E-state index in [0.717, 1.165) is 10.9 Å². The lowest BCUT2D eigenvalue weighted by Crippen LogP contribution is -2.54. The van der Waals surface area contributed by atoms with Crippen molar-refractivity contribution in [2.75, 3.05) is 13.6 Å². The Kier molecular flexibility index (Phi) is 4.06. The second kappa shape index (κ2) is 5.88. The highest BCUT2D eigenvalue weighted by molar-refractivity contribution is 6.05. The Hall–Kier alpha value is -2.02. The molecule has 23 heavy (non-hydrogen) atoms. The third-order valence-electron chi connectivity index (χ3n) is 4.37. The van der Waals surface area contributed by atoms with Crippen molar-refractivity contribution < 1.29 is 18.0 Å². The van der Waals surface area contributed by atoms with Gasteiger partial charge in [-0.1, -0.05) is 12.1 Å². The quantitative estimate of drug-likeness (QED) is 0.892. The number of aromatic amines is 1. The molecule has 3 rings (SSSR count). The predicted octanol–water partition coefficient (Wildman–Crippen LogP) is 2.92. The second-order valence-electron chi connectivity index (χ2n) is 5.99. The van der Waals surface area contributed by atoms with Crippen LogP contribution >= 0.6 is 0 Å². The highest BCUT2D eigenvalue weighted by atomic mass is 19.4. The van der Waals surface area contributed by atoms with Crippen molar-refractivity contribution in [3.8, 4) is 0 Å². The lowest BCUT2D eigenvalue weighted by Gasteiger charge is -2.38. The monoisotopic (exact) mass is 325 g/mol. The summed E-state index contributed by atoms with van der Waals surface area (Å²) in [6, 6.07) is 5.55. The molecule has 2 aromatic rings. The number of alkyl halides is 3. The first-order valence-electron chi connectivity index (χ1n) is 7.50. The number of fused-ring (bicyclic) bond motifs is 1. The molecule has 2 heterocycles. The van der Waals surface area contributed by atoms with Gasteiger partial charge in [0, 0.05) is 24.2 Å². The predicted molar refractivity (Wildman–Crippen MR) is 81.3 cm³/mol. The number of rotatable bonds is 2. The van der Waals surface area contributed by atoms with Crippen LogP contribution in [0.1, 0.15) is 23.2 Å². The number of H-pyrrole nitrogens is 1. The summed E-state index contributed by atoms with van der Waals surface area (Å²) in [7, 11) is 1.45. The highest BCUT2D eigenvalue weighted by Crippen LogP contribution is 2.31. The molecule has 0 bridgehead atoms. The van der Waals surface area contributed by atoms with E-state index in [1.807, 2.05) is 12.1 Å². The standard InChI is InChI=1S/C16H18F3N3O/c1-22-9-11(5-6-13(22)16(17,18)19)21-15(23)12-4-2-3-10-7-8-20-14(10)12/h2-4,7-8,11,13,20H,5-6,9H2,1H3,(H,21,23)/t11-,13+/m1/s1. The van der Waals surface area contributed by atoms with E-state index >= 15 is 0 Å². The van der Waals surface area contributed by atoms with Crippen molar-refractivity contribution in [2.45, 2.75) is 31.1 Å². The lowest BCUT2D eigenvalue weighted by atomic mass is 9.98. The first kappa shape index (κ1) is 15.9. The number of aromatic nitrogens is 1. The molecule has 1 aromatic carbocycles. The van der Waals surface area contributed by atoms with E-state index in [9.17, 15) is 18.0 Å². The largest absolute Gasteiger partial charge is 0.404 e. The van der Waals surface area contributed by atoms with Gasteiger partial charge in [0.05, 0.1) is 11.1 Å². The molecule has 0 unspecified atom stereocenters. The van der Waals surface area contributed by atoms with Gasteiger partial charge in [-0.25, -0.2) is 0 Å². The molecule has 0 aliphatic carbocycles. The Morgan fingerprint density at radius 3 is 2.78 bits per heavy atom. The molecule has 124 valence electrons. The van der Waals surface area contributed by atoms with Crippen molar-refractivity contribution in [3.05, 3.63) is 36.0 Å². The molecule has 1 aliphatic heterocycles. The fourth-order valence-corrected chi connectivity index (χ4v) is 3.21. The number of nitrogens with zero attached hydrogens (tertiary/aromatic N) is 1. The summed E-state index contributed by atoms with van der Waals surface area (Å²) >= 11 is 0. The van der Waals surface area contributed by atoms with Gasteiger partial charge in [-0.3, -0.25) is 9.69 Å². The van der Waals surface area contributed by atoms with Gasteiger partial charge in [-0.15, -0.1) is 0 Å². The summed E-state index contributed by atoms with van der Waals surface area (Å²) in [4.78, 5) is 16.7. The molecule has 0 saturated carbocycles. The topological polar surface area (TPSA) is 48.1 Å². The summed E-state index contributed by atoms with van der Waals surface area (Å²) in [5.74, 6) is -0.262. The molecule has 1 aliphatic rings. The van der Waals surface area contributed by atoms with Gasteiger partial charge in [-0.05, 0) is 32.0 Å². The lowest BCUT2D eigenvalue weighted by molar-refractivity contribution is -0.188. The molecule has 2 N–H and O–H groups in total. The maximum atomic E-state index is 12.9. The van der Waals surface area contributed by atoms with Crippen LogP contribution in [-0.2, 0) is 0 Å². The van der Waals surface area contributed by atoms with E-state index in [1.165, 1.54) is 11.9 Å². The number of likely N-dealkylation sites (N-methyl/N-ethyl adjacent to an activating group) is 1. The van der Waals surface area contributed by atoms with E-state index in [2.05, 4.69) is 10.3 Å². The first-order chi connectivity index (χ1) is 10.9. The Labute approximate surface area is 131 Å². The summed E-state index contributed by atoms with van der Waals surface area (Å²) in [6.07, 6.45) is -2.15. The van der Waals surface area contributed by atoms with Gasteiger partial charge >= 0.3 is 6.18 Å². The maximum Gasteiger partial charge on any atom is 0.404 e. The minimum absolute atomic E-state index is 0.00233. The minimum Gasteiger partial charge on any atom is -0.361 e. The summed E-state index contributed by atoms with van der Waals surface area (Å²) in [5, 5.41) is 3.78. The third-order valence-corrected chi connectivity index (χ3v) is 4.37. The average Bonchev–Trinajstić information content (AvgIpc) is 2.94. The summed E-state index contributed by atoms with van der Waals surface area (Å²) < 4.78 is 38.6. The molecule has 1 fully saturated rings. The molecular weight excluding hydrogens is 307 g/mol. The fourth-order valence-electron chi connectivity index (χ4n) is 3.21. The van der Waals surface area contributed by atoms with Crippen LogP contribution in [0.5, 0.6) is 0 Å². The zero-order valence-electron chi connectivity index (χ0n) is 12.7. The van der Waals surface area contributed by atoms with Crippen LogP contribution in [-0.4, -0.2) is 47.6 Å². The van der Waals surface area contributed by atoms with Crippen LogP contribution in [0.2, 0.25) is 0 Å². The molecule has 1 saturated heterocycles. The van der Waals surface area contributed by atoms with Crippen LogP contribution in [0.15, 0.2) is 30.5 Å². The summed E-state index contributed by atoms with van der Waals surface area (Å²) in [6.45, 7) is 0.191. The molecular formula is C16H18F3N3O. The van der Waals surface area contributed by atoms with Gasteiger partial charge in [0.2, 0.25) is 0 Å². The number of carbonyl (C=O) groups excluding carboxylic acids is 1. The fraction of sp³-hybridized carbons (Fsp3) is 0.438. The zero-order valence-corrected chi connectivity index (χ0v) is 12.7. The van der Waals surface area contributed by atoms with E-state index in [1.54, 1.807) is 18.3 Å². The smallest absolute Gasteiger partial charge is 0.361 e. The molecule has 2 atom stereocenters. The summed E-state index contributed by atoms with van der Waals surface area (Å²) in [5.41, 5.74) is 1.25. The SMILES string of the molecule is CN1C[C@H](NC(=O)c2cccc3cc[nH]c23)CC[C@H]1C(F)(F)F. The van der Waals surface area contributed by atoms with Crippen molar-refractivity contribution >= 4 is 16.8 Å². The number of halogens is 3. The van der Waals surface area contributed by atoms with Crippen LogP contribution in [0, 0.1) is 0 Å². The number of piperidine rings is 1. The van der Waals surface area contributed by atoms with Gasteiger partial charge < -0.3 is 10.3 Å². The number of likely N-dealkylation sites (tertiary alicyclic amines) is 1. The number of hydrogen-bond acceptors (Lipinski definition) is 2. The van der Waals surface area contributed by atoms with Gasteiger partial charge in [0.1, 0.15) is 6.04 Å². The molecule has 0 spiro atoms. The Morgan fingerprint density at radius 1 is 1.30 bits per heavy atom. The number of nitrogens with one attached hydrogen (secondary N) is 2. The van der Waals surface area contributed by atoms with Crippen LogP contribution in [0.25, 0.3) is 10.9 Å². The van der Waals surface area contributed by atoms with E-state index in [0.29, 0.717) is 12.0 Å². The van der Waals surface area contributed by atoms with Crippen molar-refractivity contribution in [3.63, 3.8) is 0 Å². The van der Waals surface area contributed by atoms with Gasteiger partial charge in [0.25, 0.3) is 5.91 Å². The van der Waals surface area contributed by atoms with E-state index < -0.39 is 12.2 Å². The molecule has 0 radical (unpaired) electrons. The number of benzene rings is 1. The van der Waals surface area contributed by atoms with Crippen LogP contribution in [0.4, 0.5) is 13.2 Å². The molecule has 1 aromatic heterocycles. The zero-order chi connectivity index (χ0) is 16.6. The molecule has 7 heteroatoms.